The predicted octanol–water partition coefficient (Wildman–Crippen LogP) is 3.00. The summed E-state index contributed by atoms with van der Waals surface area (Å²) in [7, 11) is 0. The molecule has 0 aromatic carbocycles. The van der Waals surface area contributed by atoms with Gasteiger partial charge in [-0.1, -0.05) is 27.7 Å². The quantitative estimate of drug-likeness (QED) is 0.712. The Labute approximate surface area is 91.4 Å². The van der Waals surface area contributed by atoms with Crippen molar-refractivity contribution < 1.29 is 9.47 Å². The lowest BCUT2D eigenvalue weighted by atomic mass is 10.1. The van der Waals surface area contributed by atoms with Crippen LogP contribution in [0.3, 0.4) is 0 Å². The van der Waals surface area contributed by atoms with Crippen LogP contribution in [-0.2, 0) is 0 Å². The van der Waals surface area contributed by atoms with E-state index in [-0.39, 0.29) is 0 Å². The Bertz CT molecular complexity index is 310. The van der Waals surface area contributed by atoms with Crippen LogP contribution in [0.25, 0.3) is 0 Å². The third kappa shape index (κ3) is 2.85. The first-order valence-corrected chi connectivity index (χ1v) is 5.53. The number of aromatic nitrogens is 1. The summed E-state index contributed by atoms with van der Waals surface area (Å²) in [5, 5.41) is 0. The zero-order chi connectivity index (χ0) is 11.3. The summed E-state index contributed by atoms with van der Waals surface area (Å²) >= 11 is 0. The second-order valence-electron chi connectivity index (χ2n) is 3.42. The molecule has 0 amide bonds. The van der Waals surface area contributed by atoms with Crippen molar-refractivity contribution in [2.45, 2.75) is 33.6 Å². The Morgan fingerprint density at radius 1 is 1.20 bits per heavy atom. The molecule has 84 valence electrons. The average molecular weight is 209 g/mol. The highest BCUT2D eigenvalue weighted by Gasteiger charge is 2.13. The molecule has 0 fully saturated rings. The van der Waals surface area contributed by atoms with E-state index in [1.165, 1.54) is 5.56 Å². The van der Waals surface area contributed by atoms with Gasteiger partial charge in [-0.3, -0.25) is 0 Å². The van der Waals surface area contributed by atoms with Gasteiger partial charge in [0, 0.05) is 6.20 Å². The maximum atomic E-state index is 5.43. The molecule has 0 aliphatic carbocycles. The molecule has 0 unspecified atom stereocenters. The maximum absolute atomic E-state index is 5.43. The first kappa shape index (κ1) is 11.8. The SMILES string of the molecule is CC.CC(C)c1cnc2c(c1)OCCO2. The topological polar surface area (TPSA) is 31.4 Å². The summed E-state index contributed by atoms with van der Waals surface area (Å²) in [6.07, 6.45) is 1.85. The van der Waals surface area contributed by atoms with Gasteiger partial charge < -0.3 is 9.47 Å². The smallest absolute Gasteiger partial charge is 0.257 e. The molecular weight excluding hydrogens is 190 g/mol. The lowest BCUT2D eigenvalue weighted by Crippen LogP contribution is -2.16. The van der Waals surface area contributed by atoms with E-state index >= 15 is 0 Å². The Kier molecular flexibility index (Phi) is 4.40. The molecule has 0 saturated heterocycles. The van der Waals surface area contributed by atoms with Gasteiger partial charge in [0.2, 0.25) is 0 Å². The molecule has 2 heterocycles. The number of hydrogen-bond donors (Lipinski definition) is 0. The highest BCUT2D eigenvalue weighted by atomic mass is 16.6. The van der Waals surface area contributed by atoms with Gasteiger partial charge in [-0.05, 0) is 17.5 Å². The van der Waals surface area contributed by atoms with Crippen molar-refractivity contribution in [2.75, 3.05) is 13.2 Å². The number of nitrogens with zero attached hydrogens (tertiary/aromatic N) is 1. The summed E-state index contributed by atoms with van der Waals surface area (Å²) < 4.78 is 10.7. The van der Waals surface area contributed by atoms with Gasteiger partial charge in [0.05, 0.1) is 0 Å². The van der Waals surface area contributed by atoms with Gasteiger partial charge in [-0.25, -0.2) is 4.98 Å². The summed E-state index contributed by atoms with van der Waals surface area (Å²) in [6, 6.07) is 2.01. The molecule has 3 heteroatoms. The number of fused-ring (bicyclic) bond motifs is 1. The third-order valence-corrected chi connectivity index (χ3v) is 2.09. The van der Waals surface area contributed by atoms with E-state index in [9.17, 15) is 0 Å². The Morgan fingerprint density at radius 3 is 2.53 bits per heavy atom. The first-order valence-electron chi connectivity index (χ1n) is 5.53. The van der Waals surface area contributed by atoms with Crippen molar-refractivity contribution in [1.82, 2.24) is 4.98 Å². The van der Waals surface area contributed by atoms with E-state index in [1.807, 2.05) is 26.1 Å². The van der Waals surface area contributed by atoms with Gasteiger partial charge >= 0.3 is 0 Å². The number of hydrogen-bond acceptors (Lipinski definition) is 3. The van der Waals surface area contributed by atoms with Gasteiger partial charge in [0.1, 0.15) is 13.2 Å². The Morgan fingerprint density at radius 2 is 1.87 bits per heavy atom. The van der Waals surface area contributed by atoms with Crippen molar-refractivity contribution in [2.24, 2.45) is 0 Å². The molecule has 15 heavy (non-hydrogen) atoms. The summed E-state index contributed by atoms with van der Waals surface area (Å²) in [5.74, 6) is 1.87. The Hall–Kier alpha value is -1.25. The maximum Gasteiger partial charge on any atom is 0.257 e. The van der Waals surface area contributed by atoms with Gasteiger partial charge in [-0.15, -0.1) is 0 Å². The van der Waals surface area contributed by atoms with Crippen molar-refractivity contribution in [1.29, 1.82) is 0 Å². The highest BCUT2D eigenvalue weighted by Crippen LogP contribution is 2.30. The fourth-order valence-electron chi connectivity index (χ4n) is 1.26. The van der Waals surface area contributed by atoms with Gasteiger partial charge in [-0.2, -0.15) is 0 Å². The standard InChI is InChI=1S/C10H13NO2.C2H6/c1-7(2)8-5-9-10(11-6-8)13-4-3-12-9;1-2/h5-7H,3-4H2,1-2H3;1-2H3. The molecule has 0 N–H and O–H groups in total. The van der Waals surface area contributed by atoms with Crippen molar-refractivity contribution in [3.8, 4) is 11.6 Å². The van der Waals surface area contributed by atoms with Crippen molar-refractivity contribution in [3.05, 3.63) is 17.8 Å². The molecular formula is C12H19NO2. The largest absolute Gasteiger partial charge is 0.484 e. The second-order valence-corrected chi connectivity index (χ2v) is 3.42. The molecule has 2 rings (SSSR count). The van der Waals surface area contributed by atoms with Crippen molar-refractivity contribution >= 4 is 0 Å². The van der Waals surface area contributed by atoms with Crippen LogP contribution in [0, 0.1) is 0 Å². The van der Waals surface area contributed by atoms with Crippen LogP contribution in [0.2, 0.25) is 0 Å². The lowest BCUT2D eigenvalue weighted by Gasteiger charge is -2.18. The normalized spacial score (nSPS) is 13.1. The lowest BCUT2D eigenvalue weighted by molar-refractivity contribution is 0.164. The molecule has 1 aliphatic rings. The van der Waals surface area contributed by atoms with Crippen LogP contribution in [0.15, 0.2) is 12.3 Å². The summed E-state index contributed by atoms with van der Waals surface area (Å²) in [4.78, 5) is 4.19. The van der Waals surface area contributed by atoms with Crippen LogP contribution < -0.4 is 9.47 Å². The molecule has 1 aromatic heterocycles. The fraction of sp³-hybridized carbons (Fsp3) is 0.583. The van der Waals surface area contributed by atoms with Crippen molar-refractivity contribution in [3.63, 3.8) is 0 Å². The molecule has 1 aromatic rings. The second kappa shape index (κ2) is 5.59. The minimum Gasteiger partial charge on any atom is -0.484 e. The van der Waals surface area contributed by atoms with E-state index in [0.717, 1.165) is 5.75 Å². The highest BCUT2D eigenvalue weighted by molar-refractivity contribution is 5.38. The van der Waals surface area contributed by atoms with Gasteiger partial charge in [0.25, 0.3) is 5.88 Å². The average Bonchev–Trinajstić information content (AvgIpc) is 2.31. The predicted molar refractivity (Wildman–Crippen MR) is 60.7 cm³/mol. The van der Waals surface area contributed by atoms with Crippen LogP contribution in [0.1, 0.15) is 39.2 Å². The molecule has 0 spiro atoms. The zero-order valence-corrected chi connectivity index (χ0v) is 9.91. The van der Waals surface area contributed by atoms with E-state index in [0.29, 0.717) is 25.0 Å². The molecule has 1 aliphatic heterocycles. The van der Waals surface area contributed by atoms with E-state index in [4.69, 9.17) is 9.47 Å². The third-order valence-electron chi connectivity index (χ3n) is 2.09. The van der Waals surface area contributed by atoms with Crippen LogP contribution in [-0.4, -0.2) is 18.2 Å². The number of rotatable bonds is 1. The molecule has 3 nitrogen and oxygen atoms in total. The van der Waals surface area contributed by atoms with Gasteiger partial charge in [0.15, 0.2) is 5.75 Å². The number of pyridine rings is 1. The fourth-order valence-corrected chi connectivity index (χ4v) is 1.26. The first-order chi connectivity index (χ1) is 7.27. The molecule has 0 bridgehead atoms. The van der Waals surface area contributed by atoms with Crippen LogP contribution >= 0.6 is 0 Å². The van der Waals surface area contributed by atoms with E-state index in [1.54, 1.807) is 0 Å². The summed E-state index contributed by atoms with van der Waals surface area (Å²) in [6.45, 7) is 9.48. The number of ether oxygens (including phenoxy) is 2. The van der Waals surface area contributed by atoms with E-state index < -0.39 is 0 Å². The molecule has 0 saturated carbocycles. The monoisotopic (exact) mass is 209 g/mol. The summed E-state index contributed by atoms with van der Waals surface area (Å²) in [5.41, 5.74) is 1.18. The minimum absolute atomic E-state index is 0.475. The molecule has 0 radical (unpaired) electrons. The Balaban J connectivity index is 0.000000531. The van der Waals surface area contributed by atoms with Crippen LogP contribution in [0.4, 0.5) is 0 Å². The van der Waals surface area contributed by atoms with E-state index in [2.05, 4.69) is 18.8 Å². The molecule has 0 atom stereocenters. The minimum atomic E-state index is 0.475. The van der Waals surface area contributed by atoms with Crippen LogP contribution in [0.5, 0.6) is 11.6 Å². The zero-order valence-electron chi connectivity index (χ0n) is 9.91.